The Morgan fingerprint density at radius 1 is 1.28 bits per heavy atom. The minimum Gasteiger partial charge on any atom is -0.311 e. The first-order valence-electron chi connectivity index (χ1n) is 6.32. The number of piperidine rings is 1. The molecule has 2 bridgehead atoms. The largest absolute Gasteiger partial charge is 0.311 e. The van der Waals surface area contributed by atoms with Crippen molar-refractivity contribution in [3.8, 4) is 0 Å². The molecule has 0 radical (unpaired) electrons. The van der Waals surface area contributed by atoms with Crippen LogP contribution in [0.1, 0.15) is 25.7 Å². The molecule has 5 nitrogen and oxygen atoms in total. The van der Waals surface area contributed by atoms with Gasteiger partial charge < -0.3 is 5.32 Å². The Kier molecular flexibility index (Phi) is 3.09. The molecule has 1 aromatic heterocycles. The van der Waals surface area contributed by atoms with Gasteiger partial charge in [0.2, 0.25) is 10.0 Å². The molecule has 2 aliphatic rings. The Bertz CT molecular complexity index is 505. The predicted molar refractivity (Wildman–Crippen MR) is 67.5 cm³/mol. The third kappa shape index (κ3) is 2.41. The van der Waals surface area contributed by atoms with E-state index in [1.807, 2.05) is 0 Å². The third-order valence-electron chi connectivity index (χ3n) is 3.74. The van der Waals surface area contributed by atoms with Gasteiger partial charge in [-0.25, -0.2) is 13.1 Å². The average molecular weight is 267 g/mol. The molecule has 3 heterocycles. The minimum absolute atomic E-state index is 0.0500. The van der Waals surface area contributed by atoms with Crippen LogP contribution in [0.4, 0.5) is 0 Å². The molecule has 2 atom stereocenters. The van der Waals surface area contributed by atoms with E-state index in [1.165, 1.54) is 6.20 Å². The number of aromatic nitrogens is 1. The van der Waals surface area contributed by atoms with Gasteiger partial charge in [0.05, 0.1) is 0 Å². The monoisotopic (exact) mass is 267 g/mol. The fraction of sp³-hybridized carbons (Fsp3) is 0.583. The molecule has 1 aromatic rings. The molecule has 18 heavy (non-hydrogen) atoms. The lowest BCUT2D eigenvalue weighted by atomic mass is 10.0. The lowest BCUT2D eigenvalue weighted by Crippen LogP contribution is -2.47. The number of hydrogen-bond acceptors (Lipinski definition) is 4. The fourth-order valence-electron chi connectivity index (χ4n) is 2.95. The standard InChI is InChI=1S/C12H17N3O2S/c16-18(17,12-2-1-5-13-8-12)15-11-6-9-3-4-10(7-11)14-9/h1-2,5,8-11,14-15H,3-4,6-7H2. The van der Waals surface area contributed by atoms with Gasteiger partial charge in [0.1, 0.15) is 4.90 Å². The van der Waals surface area contributed by atoms with Crippen molar-refractivity contribution in [2.45, 2.75) is 48.7 Å². The van der Waals surface area contributed by atoms with Crippen molar-refractivity contribution in [3.05, 3.63) is 24.5 Å². The lowest BCUT2D eigenvalue weighted by Gasteiger charge is -2.29. The molecule has 6 heteroatoms. The molecule has 0 saturated carbocycles. The van der Waals surface area contributed by atoms with Gasteiger partial charge >= 0.3 is 0 Å². The van der Waals surface area contributed by atoms with Gasteiger partial charge in [0.15, 0.2) is 0 Å². The highest BCUT2D eigenvalue weighted by Crippen LogP contribution is 2.27. The summed E-state index contributed by atoms with van der Waals surface area (Å²) in [5.74, 6) is 0. The first-order chi connectivity index (χ1) is 8.63. The van der Waals surface area contributed by atoms with Crippen molar-refractivity contribution in [1.82, 2.24) is 15.0 Å². The molecule has 0 amide bonds. The number of sulfonamides is 1. The van der Waals surface area contributed by atoms with Crippen LogP contribution < -0.4 is 10.0 Å². The Morgan fingerprint density at radius 2 is 2.00 bits per heavy atom. The second-order valence-corrected chi connectivity index (χ2v) is 6.83. The van der Waals surface area contributed by atoms with Crippen LogP contribution in [0.5, 0.6) is 0 Å². The summed E-state index contributed by atoms with van der Waals surface area (Å²) in [5.41, 5.74) is 0. The van der Waals surface area contributed by atoms with E-state index in [2.05, 4.69) is 15.0 Å². The topological polar surface area (TPSA) is 71.1 Å². The number of hydrogen-bond donors (Lipinski definition) is 2. The number of nitrogens with one attached hydrogen (secondary N) is 2. The van der Waals surface area contributed by atoms with Crippen LogP contribution in [0.15, 0.2) is 29.4 Å². The van der Waals surface area contributed by atoms with E-state index < -0.39 is 10.0 Å². The zero-order valence-electron chi connectivity index (χ0n) is 10.0. The molecule has 0 aliphatic carbocycles. The van der Waals surface area contributed by atoms with E-state index in [1.54, 1.807) is 18.3 Å². The zero-order chi connectivity index (χ0) is 12.6. The Labute approximate surface area is 107 Å². The van der Waals surface area contributed by atoms with E-state index in [-0.39, 0.29) is 10.9 Å². The molecule has 2 unspecified atom stereocenters. The highest BCUT2D eigenvalue weighted by Gasteiger charge is 2.35. The van der Waals surface area contributed by atoms with Gasteiger partial charge in [0.25, 0.3) is 0 Å². The molecule has 2 saturated heterocycles. The highest BCUT2D eigenvalue weighted by molar-refractivity contribution is 7.89. The molecule has 0 spiro atoms. The van der Waals surface area contributed by atoms with Crippen molar-refractivity contribution < 1.29 is 8.42 Å². The summed E-state index contributed by atoms with van der Waals surface area (Å²) in [6.45, 7) is 0. The molecular formula is C12H17N3O2S. The first-order valence-corrected chi connectivity index (χ1v) is 7.80. The predicted octanol–water partition coefficient (Wildman–Crippen LogP) is 0.643. The average Bonchev–Trinajstić information content (AvgIpc) is 2.69. The van der Waals surface area contributed by atoms with Gasteiger partial charge in [-0.05, 0) is 37.8 Å². The van der Waals surface area contributed by atoms with Crippen molar-refractivity contribution in [1.29, 1.82) is 0 Å². The lowest BCUT2D eigenvalue weighted by molar-refractivity contribution is 0.345. The van der Waals surface area contributed by atoms with Gasteiger partial charge in [-0.3, -0.25) is 4.98 Å². The van der Waals surface area contributed by atoms with Crippen molar-refractivity contribution in [3.63, 3.8) is 0 Å². The summed E-state index contributed by atoms with van der Waals surface area (Å²) in [6, 6.07) is 4.22. The van der Waals surface area contributed by atoms with E-state index in [4.69, 9.17) is 0 Å². The summed E-state index contributed by atoms with van der Waals surface area (Å²) in [4.78, 5) is 4.10. The van der Waals surface area contributed by atoms with E-state index in [0.29, 0.717) is 12.1 Å². The van der Waals surface area contributed by atoms with E-state index in [9.17, 15) is 8.42 Å². The van der Waals surface area contributed by atoms with Gasteiger partial charge in [-0.2, -0.15) is 0 Å². The maximum absolute atomic E-state index is 12.2. The molecule has 98 valence electrons. The quantitative estimate of drug-likeness (QED) is 0.843. The van der Waals surface area contributed by atoms with Crippen molar-refractivity contribution >= 4 is 10.0 Å². The summed E-state index contributed by atoms with van der Waals surface area (Å²) >= 11 is 0. The Hall–Kier alpha value is -0.980. The summed E-state index contributed by atoms with van der Waals surface area (Å²) < 4.78 is 27.1. The second-order valence-electron chi connectivity index (χ2n) is 5.12. The van der Waals surface area contributed by atoms with E-state index in [0.717, 1.165) is 25.7 Å². The normalized spacial score (nSPS) is 31.4. The third-order valence-corrected chi connectivity index (χ3v) is 5.25. The number of nitrogens with zero attached hydrogens (tertiary/aromatic N) is 1. The molecule has 2 aliphatic heterocycles. The number of pyridine rings is 1. The SMILES string of the molecule is O=S(=O)(NC1CC2CCC(C1)N2)c1cccnc1. The van der Waals surface area contributed by atoms with Gasteiger partial charge in [-0.1, -0.05) is 0 Å². The van der Waals surface area contributed by atoms with Gasteiger partial charge in [-0.15, -0.1) is 0 Å². The Balaban J connectivity index is 1.73. The molecule has 3 rings (SSSR count). The summed E-state index contributed by atoms with van der Waals surface area (Å²) in [6.07, 6.45) is 7.05. The van der Waals surface area contributed by atoms with Crippen molar-refractivity contribution in [2.75, 3.05) is 0 Å². The van der Waals surface area contributed by atoms with Crippen LogP contribution in [-0.2, 0) is 10.0 Å². The number of rotatable bonds is 3. The molecular weight excluding hydrogens is 250 g/mol. The van der Waals surface area contributed by atoms with Gasteiger partial charge in [0, 0.05) is 30.5 Å². The van der Waals surface area contributed by atoms with Crippen LogP contribution in [0.2, 0.25) is 0 Å². The minimum atomic E-state index is -3.42. The highest BCUT2D eigenvalue weighted by atomic mass is 32.2. The summed E-state index contributed by atoms with van der Waals surface area (Å²) in [7, 11) is -3.42. The van der Waals surface area contributed by atoms with Crippen LogP contribution >= 0.6 is 0 Å². The molecule has 0 aromatic carbocycles. The van der Waals surface area contributed by atoms with Crippen molar-refractivity contribution in [2.24, 2.45) is 0 Å². The van der Waals surface area contributed by atoms with Crippen LogP contribution in [0.25, 0.3) is 0 Å². The smallest absolute Gasteiger partial charge is 0.242 e. The molecule has 2 N–H and O–H groups in total. The maximum Gasteiger partial charge on any atom is 0.242 e. The first kappa shape index (κ1) is 12.1. The zero-order valence-corrected chi connectivity index (χ0v) is 10.9. The van der Waals surface area contributed by atoms with E-state index >= 15 is 0 Å². The van der Waals surface area contributed by atoms with Crippen LogP contribution in [0, 0.1) is 0 Å². The van der Waals surface area contributed by atoms with Crippen LogP contribution in [0.3, 0.4) is 0 Å². The fourth-order valence-corrected chi connectivity index (χ4v) is 4.17. The number of fused-ring (bicyclic) bond motifs is 2. The Morgan fingerprint density at radius 3 is 2.61 bits per heavy atom. The summed E-state index contributed by atoms with van der Waals surface area (Å²) in [5, 5.41) is 3.50. The van der Waals surface area contributed by atoms with Crippen LogP contribution in [-0.4, -0.2) is 31.5 Å². The second kappa shape index (κ2) is 4.60. The maximum atomic E-state index is 12.2. The molecule has 2 fully saturated rings.